The van der Waals surface area contributed by atoms with Crippen molar-refractivity contribution in [3.05, 3.63) is 59.6 Å². The molecule has 1 N–H and O–H groups in total. The lowest BCUT2D eigenvalue weighted by Gasteiger charge is -2.19. The number of benzene rings is 2. The van der Waals surface area contributed by atoms with Crippen LogP contribution in [-0.2, 0) is 30.7 Å². The first kappa shape index (κ1) is 32.6. The van der Waals surface area contributed by atoms with Crippen LogP contribution in [0.25, 0.3) is 33.5 Å². The van der Waals surface area contributed by atoms with Crippen molar-refractivity contribution in [3.63, 3.8) is 0 Å². The predicted molar refractivity (Wildman–Crippen MR) is 178 cm³/mol. The zero-order valence-electron chi connectivity index (χ0n) is 26.1. The van der Waals surface area contributed by atoms with E-state index in [1.165, 1.54) is 6.26 Å². The molecule has 2 aliphatic rings. The second kappa shape index (κ2) is 13.0. The Hall–Kier alpha value is -3.35. The summed E-state index contributed by atoms with van der Waals surface area (Å²) >= 11 is 6.77. The lowest BCUT2D eigenvalue weighted by molar-refractivity contribution is 0.00336. The largest absolute Gasteiger partial charge is 0.456 e. The number of nitriles is 1. The number of ether oxygens (including phenoxy) is 4. The zero-order valence-corrected chi connectivity index (χ0v) is 28.6. The Balaban J connectivity index is 1.29. The molecule has 2 fully saturated rings. The number of aliphatic hydroxyl groups excluding tert-OH is 1. The molecule has 5 atom stereocenters. The third-order valence-corrected chi connectivity index (χ3v) is 11.7. The minimum atomic E-state index is -2.76. The zero-order chi connectivity index (χ0) is 32.6. The maximum absolute atomic E-state index is 12.6. The number of hydrogen-bond acceptors (Lipinski definition) is 10. The van der Waals surface area contributed by atoms with Gasteiger partial charge in [-0.25, -0.2) is 9.19 Å². The second-order valence-electron chi connectivity index (χ2n) is 12.7. The molecule has 14 heteroatoms. The number of hydrogen-bond donors (Lipinski definition) is 1. The van der Waals surface area contributed by atoms with Crippen LogP contribution in [0.2, 0.25) is 30.7 Å². The van der Waals surface area contributed by atoms with Gasteiger partial charge in [0.25, 0.3) is 0 Å². The van der Waals surface area contributed by atoms with Crippen LogP contribution in [0.3, 0.4) is 0 Å². The maximum atomic E-state index is 12.6. The van der Waals surface area contributed by atoms with Gasteiger partial charge in [0, 0.05) is 31.4 Å². The van der Waals surface area contributed by atoms with Gasteiger partial charge in [0.1, 0.15) is 30.6 Å². The van der Waals surface area contributed by atoms with Crippen LogP contribution in [0.1, 0.15) is 0 Å². The number of rotatable bonds is 10. The first-order valence-corrected chi connectivity index (χ1v) is 21.0. The third-order valence-electron chi connectivity index (χ3n) is 8.09. The Bertz CT molecular complexity index is 1900. The molecule has 0 radical (unpaired) electrons. The molecule has 0 spiro atoms. The lowest BCUT2D eigenvalue weighted by Crippen LogP contribution is -2.35. The van der Waals surface area contributed by atoms with E-state index in [1.54, 1.807) is 29.0 Å². The predicted octanol–water partition coefficient (Wildman–Crippen LogP) is 5.57. The average molecular weight is 682 g/mol. The molecule has 6 rings (SSSR count). The fraction of sp³-hybridized carbons (Fsp3) is 0.406. The highest BCUT2D eigenvalue weighted by Crippen LogP contribution is 2.35. The molecule has 2 aromatic heterocycles. The maximum Gasteiger partial charge on any atom is 0.301 e. The normalized spacial score (nSPS) is 22.4. The van der Waals surface area contributed by atoms with Gasteiger partial charge in [-0.3, -0.25) is 4.57 Å². The number of aromatic nitrogens is 3. The van der Waals surface area contributed by atoms with Gasteiger partial charge in [0.2, 0.25) is 6.19 Å². The van der Waals surface area contributed by atoms with Crippen LogP contribution in [0.5, 0.6) is 6.01 Å². The molecule has 1 unspecified atom stereocenters. The lowest BCUT2D eigenvalue weighted by atomic mass is 10.0. The number of fused-ring (bicyclic) bond motifs is 2. The summed E-state index contributed by atoms with van der Waals surface area (Å²) in [4.78, 5) is 10.2. The minimum absolute atomic E-state index is 0.191. The molecule has 0 aliphatic carbocycles. The topological polar surface area (TPSA) is 141 Å². The van der Waals surface area contributed by atoms with Crippen LogP contribution in [0, 0.1) is 11.5 Å². The fourth-order valence-corrected chi connectivity index (χ4v) is 7.39. The van der Waals surface area contributed by atoms with Gasteiger partial charge in [-0.05, 0) is 35.4 Å². The average Bonchev–Trinajstić information content (AvgIpc) is 3.69. The van der Waals surface area contributed by atoms with Gasteiger partial charge < -0.3 is 24.1 Å². The molecule has 2 saturated heterocycles. The summed E-state index contributed by atoms with van der Waals surface area (Å²) in [7, 11) is -4.06. The molecule has 0 bridgehead atoms. The van der Waals surface area contributed by atoms with Crippen molar-refractivity contribution in [3.8, 4) is 34.6 Å². The van der Waals surface area contributed by atoms with Gasteiger partial charge in [0.05, 0.1) is 33.7 Å². The second-order valence-corrected chi connectivity index (χ2v) is 21.0. The highest BCUT2D eigenvalue weighted by Gasteiger charge is 2.49. The minimum Gasteiger partial charge on any atom is -0.456 e. The van der Waals surface area contributed by atoms with E-state index in [0.717, 1.165) is 22.7 Å². The van der Waals surface area contributed by atoms with Crippen molar-refractivity contribution >= 4 is 40.6 Å². The van der Waals surface area contributed by atoms with Crippen LogP contribution >= 0.6 is 11.6 Å². The first-order chi connectivity index (χ1) is 21.9. The highest BCUT2D eigenvalue weighted by molar-refractivity contribution is 7.93. The van der Waals surface area contributed by atoms with Crippen LogP contribution in [0.4, 0.5) is 0 Å². The molecular weight excluding hydrogens is 646 g/mol. The van der Waals surface area contributed by atoms with Crippen molar-refractivity contribution in [1.29, 1.82) is 5.26 Å². The molecule has 46 heavy (non-hydrogen) atoms. The molecule has 2 aromatic carbocycles. The molecular formula is C32H36ClN5O6SSi. The SMILES string of the molecule is C[Si](C)(C)CCOCn1c(O[C@@H]2CO[C@H]3[C@@H]2OC[C@H]3O)nc2cc(Cl)c(-c3ccc(-c4ccc(S(C)(=O)=NC#N)cc4)cc3)nc21. The van der Waals surface area contributed by atoms with Crippen molar-refractivity contribution in [2.75, 3.05) is 26.1 Å². The Morgan fingerprint density at radius 2 is 1.72 bits per heavy atom. The Morgan fingerprint density at radius 3 is 2.39 bits per heavy atom. The van der Waals surface area contributed by atoms with Crippen LogP contribution in [-0.4, -0.2) is 82.4 Å². The number of halogens is 1. The molecule has 0 amide bonds. The summed E-state index contributed by atoms with van der Waals surface area (Å²) < 4.78 is 41.9. The Morgan fingerprint density at radius 1 is 1.07 bits per heavy atom. The van der Waals surface area contributed by atoms with Gasteiger partial charge in [-0.15, -0.1) is 4.36 Å². The highest BCUT2D eigenvalue weighted by atomic mass is 35.5. The monoisotopic (exact) mass is 681 g/mol. The van der Waals surface area contributed by atoms with E-state index in [4.69, 9.17) is 45.8 Å². The van der Waals surface area contributed by atoms with Gasteiger partial charge in [-0.2, -0.15) is 10.2 Å². The summed E-state index contributed by atoms with van der Waals surface area (Å²) in [5.41, 5.74) is 4.39. The van der Waals surface area contributed by atoms with Crippen molar-refractivity contribution in [2.24, 2.45) is 4.36 Å². The Kier molecular flexibility index (Phi) is 9.23. The standard InChI is InChI=1S/C32H36ClN5O6SSi/c1-45(40,35-18-34)23-11-9-21(10-12-23)20-5-7-22(8-6-20)28-24(33)15-25-31(37-28)38(19-41-13-14-46(2,3)4)32(36-25)44-27-17-43-29-26(39)16-42-30(27)29/h5-12,15,26-27,29-30,39H,13-14,16-17,19H2,1-4H3/t26-,27-,29-,30-,45?/m1/s1. The van der Waals surface area contributed by atoms with Crippen LogP contribution in [0.15, 0.2) is 63.9 Å². The number of aliphatic hydroxyl groups is 1. The molecule has 4 heterocycles. The van der Waals surface area contributed by atoms with E-state index >= 15 is 0 Å². The molecule has 2 aliphatic heterocycles. The Labute approximate surface area is 274 Å². The van der Waals surface area contributed by atoms with Crippen molar-refractivity contribution in [2.45, 2.75) is 61.7 Å². The third kappa shape index (κ3) is 6.84. The van der Waals surface area contributed by atoms with E-state index in [0.29, 0.717) is 39.4 Å². The quantitative estimate of drug-likeness (QED) is 0.129. The van der Waals surface area contributed by atoms with Gasteiger partial charge in [0.15, 0.2) is 11.8 Å². The number of nitrogens with zero attached hydrogens (tertiary/aromatic N) is 5. The van der Waals surface area contributed by atoms with Gasteiger partial charge in [-0.1, -0.05) is 67.6 Å². The summed E-state index contributed by atoms with van der Waals surface area (Å²) in [6.07, 6.45) is 1.13. The number of imidazole rings is 1. The number of pyridine rings is 1. The smallest absolute Gasteiger partial charge is 0.301 e. The van der Waals surface area contributed by atoms with Gasteiger partial charge >= 0.3 is 6.01 Å². The summed E-state index contributed by atoms with van der Waals surface area (Å²) in [6.45, 7) is 8.18. The van der Waals surface area contributed by atoms with E-state index < -0.39 is 42.2 Å². The molecule has 4 aromatic rings. The molecule has 11 nitrogen and oxygen atoms in total. The van der Waals surface area contributed by atoms with Crippen molar-refractivity contribution in [1.82, 2.24) is 14.5 Å². The molecule has 242 valence electrons. The summed E-state index contributed by atoms with van der Waals surface area (Å²) in [6, 6.07) is 18.1. The molecule has 0 saturated carbocycles. The van der Waals surface area contributed by atoms with E-state index in [2.05, 4.69) is 24.0 Å². The summed E-state index contributed by atoms with van der Waals surface area (Å²) in [5, 5.41) is 19.5. The fourth-order valence-electron chi connectivity index (χ4n) is 5.48. The summed E-state index contributed by atoms with van der Waals surface area (Å²) in [5.74, 6) is 0. The first-order valence-electron chi connectivity index (χ1n) is 15.0. The van der Waals surface area contributed by atoms with Crippen molar-refractivity contribution < 1.29 is 28.3 Å². The van der Waals surface area contributed by atoms with Crippen LogP contribution < -0.4 is 4.74 Å². The van der Waals surface area contributed by atoms with E-state index in [1.807, 2.05) is 36.4 Å². The van der Waals surface area contributed by atoms with E-state index in [9.17, 15) is 9.32 Å². The van der Waals surface area contributed by atoms with E-state index in [-0.39, 0.29) is 19.9 Å².